The summed E-state index contributed by atoms with van der Waals surface area (Å²) in [6.45, 7) is 11.1. The summed E-state index contributed by atoms with van der Waals surface area (Å²) in [5.74, 6) is 0.206. The molecule has 2 unspecified atom stereocenters. The van der Waals surface area contributed by atoms with Gasteiger partial charge in [-0.3, -0.25) is 9.59 Å². The van der Waals surface area contributed by atoms with Gasteiger partial charge in [0.2, 0.25) is 11.8 Å². The third kappa shape index (κ3) is 30.9. The van der Waals surface area contributed by atoms with Crippen molar-refractivity contribution in [1.29, 1.82) is 0 Å². The second kappa shape index (κ2) is 33.2. The van der Waals surface area contributed by atoms with Crippen LogP contribution in [0, 0.1) is 0 Å². The summed E-state index contributed by atoms with van der Waals surface area (Å²) >= 11 is 0. The predicted molar refractivity (Wildman–Crippen MR) is 190 cm³/mol. The van der Waals surface area contributed by atoms with Gasteiger partial charge in [-0.15, -0.1) is 0 Å². The molecule has 0 saturated heterocycles. The van der Waals surface area contributed by atoms with Crippen LogP contribution in [-0.2, 0) is 9.59 Å². The molecule has 3 N–H and O–H groups in total. The van der Waals surface area contributed by atoms with E-state index in [1.165, 1.54) is 128 Å². The minimum atomic E-state index is 0.103. The first-order valence-electron chi connectivity index (χ1n) is 19.3. The van der Waals surface area contributed by atoms with Gasteiger partial charge in [-0.1, -0.05) is 142 Å². The number of rotatable bonds is 34. The Hall–Kier alpha value is -1.14. The first-order chi connectivity index (χ1) is 21.4. The van der Waals surface area contributed by atoms with Gasteiger partial charge in [-0.25, -0.2) is 0 Å². The number of amides is 2. The maximum atomic E-state index is 12.6. The average Bonchev–Trinajstić information content (AvgIpc) is 3.00. The van der Waals surface area contributed by atoms with E-state index in [0.717, 1.165) is 32.2 Å². The van der Waals surface area contributed by atoms with Crippen LogP contribution in [0.2, 0.25) is 0 Å². The van der Waals surface area contributed by atoms with Crippen molar-refractivity contribution in [1.82, 2.24) is 15.5 Å². The van der Waals surface area contributed by atoms with Gasteiger partial charge in [-0.05, 0) is 46.1 Å². The maximum Gasteiger partial charge on any atom is 0.221 e. The van der Waals surface area contributed by atoms with E-state index >= 15 is 0 Å². The van der Waals surface area contributed by atoms with Crippen LogP contribution in [0.5, 0.6) is 0 Å². The SMILES string of the molecule is CCCCCCCCCCCCC(C)NC(=O)CCN(CCCCO)CCC(=O)NC(C)CCCCCCCCCCCC. The van der Waals surface area contributed by atoms with Gasteiger partial charge in [0.25, 0.3) is 0 Å². The molecule has 0 aromatic heterocycles. The fourth-order valence-corrected chi connectivity index (χ4v) is 6.02. The molecule has 262 valence electrons. The molecule has 0 aromatic rings. The fourth-order valence-electron chi connectivity index (χ4n) is 6.02. The summed E-state index contributed by atoms with van der Waals surface area (Å²) < 4.78 is 0. The Balaban J connectivity index is 4.06. The first kappa shape index (κ1) is 42.9. The van der Waals surface area contributed by atoms with E-state index in [4.69, 9.17) is 0 Å². The van der Waals surface area contributed by atoms with Crippen molar-refractivity contribution in [2.24, 2.45) is 0 Å². The molecule has 6 nitrogen and oxygen atoms in total. The highest BCUT2D eigenvalue weighted by molar-refractivity contribution is 5.77. The monoisotopic (exact) mass is 624 g/mol. The molecule has 0 aliphatic rings. The number of hydrogen-bond acceptors (Lipinski definition) is 4. The molecule has 6 heteroatoms. The van der Waals surface area contributed by atoms with Crippen LogP contribution in [-0.4, -0.2) is 60.1 Å². The van der Waals surface area contributed by atoms with E-state index in [1.807, 2.05) is 0 Å². The molecule has 0 aliphatic heterocycles. The van der Waals surface area contributed by atoms with Gasteiger partial charge in [0.05, 0.1) is 0 Å². The van der Waals surface area contributed by atoms with Crippen molar-refractivity contribution in [3.63, 3.8) is 0 Å². The van der Waals surface area contributed by atoms with Crippen molar-refractivity contribution in [3.8, 4) is 0 Å². The number of unbranched alkanes of at least 4 members (excludes halogenated alkanes) is 19. The zero-order valence-corrected chi connectivity index (χ0v) is 30.1. The molecule has 0 saturated carbocycles. The lowest BCUT2D eigenvalue weighted by Crippen LogP contribution is -2.38. The molecule has 0 aliphatic carbocycles. The van der Waals surface area contributed by atoms with E-state index in [9.17, 15) is 14.7 Å². The molecular formula is C38H77N3O3. The Morgan fingerprint density at radius 2 is 0.841 bits per heavy atom. The summed E-state index contributed by atoms with van der Waals surface area (Å²) in [6.07, 6.45) is 31.2. The van der Waals surface area contributed by atoms with Crippen LogP contribution in [0.15, 0.2) is 0 Å². The smallest absolute Gasteiger partial charge is 0.221 e. The number of nitrogens with zero attached hydrogens (tertiary/aromatic N) is 1. The fraction of sp³-hybridized carbons (Fsp3) is 0.947. The average molecular weight is 624 g/mol. The molecule has 2 amide bonds. The highest BCUT2D eigenvalue weighted by Crippen LogP contribution is 2.13. The van der Waals surface area contributed by atoms with Crippen molar-refractivity contribution in [3.05, 3.63) is 0 Å². The van der Waals surface area contributed by atoms with Gasteiger partial charge in [0.15, 0.2) is 0 Å². The quantitative estimate of drug-likeness (QED) is 0.0624. The molecule has 0 rings (SSSR count). The lowest BCUT2D eigenvalue weighted by molar-refractivity contribution is -0.122. The summed E-state index contributed by atoms with van der Waals surface area (Å²) in [7, 11) is 0. The number of aliphatic hydroxyl groups excluding tert-OH is 1. The third-order valence-electron chi connectivity index (χ3n) is 8.99. The van der Waals surface area contributed by atoms with Crippen LogP contribution < -0.4 is 10.6 Å². The molecule has 2 atom stereocenters. The lowest BCUT2D eigenvalue weighted by Gasteiger charge is -2.23. The Kier molecular flexibility index (Phi) is 32.4. The Morgan fingerprint density at radius 1 is 0.500 bits per heavy atom. The summed E-state index contributed by atoms with van der Waals surface area (Å²) in [5.41, 5.74) is 0. The molecule has 0 spiro atoms. The molecule has 0 fully saturated rings. The topological polar surface area (TPSA) is 81.7 Å². The van der Waals surface area contributed by atoms with Gasteiger partial charge >= 0.3 is 0 Å². The van der Waals surface area contributed by atoms with Crippen LogP contribution in [0.1, 0.15) is 195 Å². The minimum absolute atomic E-state index is 0.103. The molecule has 0 radical (unpaired) electrons. The van der Waals surface area contributed by atoms with Crippen LogP contribution in [0.25, 0.3) is 0 Å². The minimum Gasteiger partial charge on any atom is -0.396 e. The lowest BCUT2D eigenvalue weighted by atomic mass is 10.0. The Bertz CT molecular complexity index is 582. The van der Waals surface area contributed by atoms with Crippen LogP contribution in [0.4, 0.5) is 0 Å². The third-order valence-corrected chi connectivity index (χ3v) is 8.99. The molecule has 0 bridgehead atoms. The largest absolute Gasteiger partial charge is 0.396 e. The highest BCUT2D eigenvalue weighted by Gasteiger charge is 2.14. The van der Waals surface area contributed by atoms with Crippen molar-refractivity contribution >= 4 is 11.8 Å². The number of carbonyl (C=O) groups excluding carboxylic acids is 2. The number of nitrogens with one attached hydrogen (secondary N) is 2. The molecular weight excluding hydrogens is 546 g/mol. The van der Waals surface area contributed by atoms with Crippen molar-refractivity contribution < 1.29 is 14.7 Å². The number of aliphatic hydroxyl groups is 1. The molecule has 0 aromatic carbocycles. The zero-order valence-electron chi connectivity index (χ0n) is 30.1. The highest BCUT2D eigenvalue weighted by atomic mass is 16.3. The van der Waals surface area contributed by atoms with E-state index < -0.39 is 0 Å². The second-order valence-electron chi connectivity index (χ2n) is 13.7. The second-order valence-corrected chi connectivity index (χ2v) is 13.7. The van der Waals surface area contributed by atoms with E-state index in [2.05, 4.69) is 43.2 Å². The normalized spacial score (nSPS) is 12.9. The molecule has 44 heavy (non-hydrogen) atoms. The van der Waals surface area contributed by atoms with Crippen molar-refractivity contribution in [2.45, 2.75) is 207 Å². The zero-order chi connectivity index (χ0) is 32.5. The van der Waals surface area contributed by atoms with Crippen LogP contribution in [0.3, 0.4) is 0 Å². The van der Waals surface area contributed by atoms with Gasteiger partial charge in [0, 0.05) is 44.6 Å². The summed E-state index contributed by atoms with van der Waals surface area (Å²) in [4.78, 5) is 27.5. The maximum absolute atomic E-state index is 12.6. The summed E-state index contributed by atoms with van der Waals surface area (Å²) in [5, 5.41) is 15.6. The predicted octanol–water partition coefficient (Wildman–Crippen LogP) is 9.47. The number of carbonyl (C=O) groups is 2. The number of hydrogen-bond donors (Lipinski definition) is 3. The van der Waals surface area contributed by atoms with E-state index in [1.54, 1.807) is 0 Å². The van der Waals surface area contributed by atoms with Crippen LogP contribution >= 0.6 is 0 Å². The van der Waals surface area contributed by atoms with E-state index in [-0.39, 0.29) is 30.5 Å². The van der Waals surface area contributed by atoms with E-state index in [0.29, 0.717) is 25.9 Å². The van der Waals surface area contributed by atoms with Gasteiger partial charge < -0.3 is 20.6 Å². The molecule has 0 heterocycles. The Labute approximate surface area is 274 Å². The summed E-state index contributed by atoms with van der Waals surface area (Å²) in [6, 6.07) is 0.421. The standard InChI is InChI=1S/C38H77N3O3/c1-5-7-9-11-13-15-17-19-21-23-27-35(3)39-37(43)29-32-41(31-25-26-34-42)33-30-38(44)40-36(4)28-24-22-20-18-16-14-12-10-8-6-2/h35-36,42H,5-34H2,1-4H3,(H,39,43)(H,40,44). The van der Waals surface area contributed by atoms with Gasteiger partial charge in [0.1, 0.15) is 0 Å². The Morgan fingerprint density at radius 3 is 1.18 bits per heavy atom. The van der Waals surface area contributed by atoms with Gasteiger partial charge in [-0.2, -0.15) is 0 Å². The first-order valence-corrected chi connectivity index (χ1v) is 19.3. The van der Waals surface area contributed by atoms with Crippen molar-refractivity contribution in [2.75, 3.05) is 26.2 Å².